The summed E-state index contributed by atoms with van der Waals surface area (Å²) in [5.41, 5.74) is 14.8. The van der Waals surface area contributed by atoms with Gasteiger partial charge in [0.15, 0.2) is 17.5 Å². The molecular formula is C73H44N6S. The molecule has 0 spiro atoms. The molecule has 0 fully saturated rings. The molecule has 12 aromatic carbocycles. The van der Waals surface area contributed by atoms with Gasteiger partial charge < -0.3 is 13.7 Å². The second-order valence-corrected chi connectivity index (χ2v) is 21.8. The van der Waals surface area contributed by atoms with E-state index in [1.165, 1.54) is 52.5 Å². The van der Waals surface area contributed by atoms with Crippen molar-refractivity contribution in [3.05, 3.63) is 267 Å². The van der Waals surface area contributed by atoms with Crippen LogP contribution in [0.3, 0.4) is 0 Å². The Hall–Kier alpha value is -10.5. The van der Waals surface area contributed by atoms with Gasteiger partial charge in [-0.2, -0.15) is 0 Å². The van der Waals surface area contributed by atoms with Gasteiger partial charge in [0.25, 0.3) is 0 Å². The number of rotatable bonds is 7. The summed E-state index contributed by atoms with van der Waals surface area (Å²) >= 11 is 1.84. The summed E-state index contributed by atoms with van der Waals surface area (Å²) in [4.78, 5) is 16.5. The van der Waals surface area contributed by atoms with Crippen LogP contribution in [0.25, 0.3) is 159 Å². The normalized spacial score (nSPS) is 12.0. The average molecular weight is 1040 g/mol. The molecule has 5 heterocycles. The van der Waals surface area contributed by atoms with Crippen molar-refractivity contribution in [2.45, 2.75) is 0 Å². The van der Waals surface area contributed by atoms with Crippen molar-refractivity contribution < 1.29 is 0 Å². The highest BCUT2D eigenvalue weighted by atomic mass is 32.1. The molecule has 0 radical (unpaired) electrons. The second-order valence-electron chi connectivity index (χ2n) is 20.8. The van der Waals surface area contributed by atoms with Crippen molar-refractivity contribution in [2.24, 2.45) is 0 Å². The number of aromatic nitrogens is 6. The Kier molecular flexibility index (Phi) is 9.78. The van der Waals surface area contributed by atoms with Crippen molar-refractivity contribution in [2.75, 3.05) is 0 Å². The summed E-state index contributed by atoms with van der Waals surface area (Å²) in [7, 11) is 0. The number of para-hydroxylation sites is 5. The van der Waals surface area contributed by atoms with Crippen LogP contribution in [0.5, 0.6) is 0 Å². The molecule has 0 bridgehead atoms. The topological polar surface area (TPSA) is 53.5 Å². The van der Waals surface area contributed by atoms with Crippen LogP contribution in [0.2, 0.25) is 0 Å². The zero-order valence-corrected chi connectivity index (χ0v) is 43.8. The minimum atomic E-state index is 0.584. The molecule has 17 aromatic rings. The maximum Gasteiger partial charge on any atom is 0.164 e. The van der Waals surface area contributed by atoms with Crippen molar-refractivity contribution >= 4 is 108 Å². The van der Waals surface area contributed by atoms with Crippen molar-refractivity contribution in [3.8, 4) is 62.4 Å². The summed E-state index contributed by atoms with van der Waals surface area (Å²) < 4.78 is 9.69. The van der Waals surface area contributed by atoms with E-state index in [1.54, 1.807) is 0 Å². The van der Waals surface area contributed by atoms with Crippen molar-refractivity contribution in [1.82, 2.24) is 28.7 Å². The lowest BCUT2D eigenvalue weighted by Gasteiger charge is -2.17. The molecular weight excluding hydrogens is 993 g/mol. The SMILES string of the molecule is c1ccc(-n2c3ccccc3c3ccc(-c4nc(-c5ccc(-n6c7ccccc7c7cc8ccccc8cc76)c(-c6ccc7sc8ccccc8c7c6)c5)nc(-c5ccc6c7ccccc7n(-c7ccccc7)c6c5)n4)cc32)cc1. The van der Waals surface area contributed by atoms with E-state index >= 15 is 0 Å². The zero-order chi connectivity index (χ0) is 52.4. The molecule has 17 rings (SSSR count). The van der Waals surface area contributed by atoms with Crippen LogP contribution in [-0.2, 0) is 0 Å². The molecule has 0 aliphatic carbocycles. The van der Waals surface area contributed by atoms with Crippen LogP contribution < -0.4 is 0 Å². The van der Waals surface area contributed by atoms with Gasteiger partial charge >= 0.3 is 0 Å². The smallest absolute Gasteiger partial charge is 0.164 e. The van der Waals surface area contributed by atoms with E-state index in [-0.39, 0.29) is 0 Å². The lowest BCUT2D eigenvalue weighted by atomic mass is 9.98. The molecule has 0 aliphatic heterocycles. The van der Waals surface area contributed by atoms with Gasteiger partial charge in [-0.15, -0.1) is 11.3 Å². The van der Waals surface area contributed by atoms with Crippen molar-refractivity contribution in [3.63, 3.8) is 0 Å². The maximum atomic E-state index is 5.53. The number of fused-ring (bicyclic) bond motifs is 13. The molecule has 0 aliphatic rings. The summed E-state index contributed by atoms with van der Waals surface area (Å²) in [6, 6.07) is 96.5. The van der Waals surface area contributed by atoms with Gasteiger partial charge in [-0.05, 0) is 119 Å². The summed E-state index contributed by atoms with van der Waals surface area (Å²) in [6.07, 6.45) is 0. The fourth-order valence-electron chi connectivity index (χ4n) is 12.6. The molecule has 5 aromatic heterocycles. The fourth-order valence-corrected chi connectivity index (χ4v) is 13.7. The number of benzene rings is 12. The Morgan fingerprint density at radius 1 is 0.250 bits per heavy atom. The van der Waals surface area contributed by atoms with Crippen LogP contribution >= 0.6 is 11.3 Å². The molecule has 7 heteroatoms. The third-order valence-corrected chi connectivity index (χ3v) is 17.4. The summed E-state index contributed by atoms with van der Waals surface area (Å²) in [6.45, 7) is 0. The van der Waals surface area contributed by atoms with Crippen LogP contribution in [0.1, 0.15) is 0 Å². The number of nitrogens with zero attached hydrogens (tertiary/aromatic N) is 6. The molecule has 80 heavy (non-hydrogen) atoms. The van der Waals surface area contributed by atoms with E-state index in [4.69, 9.17) is 15.0 Å². The first kappa shape index (κ1) is 44.6. The van der Waals surface area contributed by atoms with Gasteiger partial charge in [0.05, 0.1) is 38.8 Å². The van der Waals surface area contributed by atoms with Crippen LogP contribution in [0, 0.1) is 0 Å². The van der Waals surface area contributed by atoms with E-state index in [9.17, 15) is 0 Å². The molecule has 0 N–H and O–H groups in total. The van der Waals surface area contributed by atoms with Gasteiger partial charge in [0.2, 0.25) is 0 Å². The molecule has 0 atom stereocenters. The molecule has 0 saturated heterocycles. The lowest BCUT2D eigenvalue weighted by molar-refractivity contribution is 1.07. The first-order valence-electron chi connectivity index (χ1n) is 27.1. The van der Waals surface area contributed by atoms with Crippen LogP contribution in [-0.4, -0.2) is 28.7 Å². The number of hydrogen-bond donors (Lipinski definition) is 0. The molecule has 0 amide bonds. The largest absolute Gasteiger partial charge is 0.309 e. The monoisotopic (exact) mass is 1040 g/mol. The van der Waals surface area contributed by atoms with Gasteiger partial charge in [-0.1, -0.05) is 164 Å². The Bertz CT molecular complexity index is 5200. The Morgan fingerprint density at radius 2 is 0.675 bits per heavy atom. The van der Waals surface area contributed by atoms with Crippen molar-refractivity contribution in [1.29, 1.82) is 0 Å². The molecule has 372 valence electrons. The minimum absolute atomic E-state index is 0.584. The zero-order valence-electron chi connectivity index (χ0n) is 43.0. The molecule has 0 unspecified atom stereocenters. The predicted molar refractivity (Wildman–Crippen MR) is 335 cm³/mol. The third kappa shape index (κ3) is 6.87. The standard InChI is InChI=1S/C73H44N6S/c1-3-19-51(20-4-1)77-62-27-13-9-23-53(62)56-35-31-49(43-66(56)77)72-74-71(75-73(76-72)50-32-36-57-54-24-10-14-28-63(54)78(67(57)44-50)52-21-5-2-6-22-52)48-33-37-65(59(41-48)47-34-38-70-61(40-47)58-26-12-16-30-69(58)80-70)79-64-29-15-11-25-55(64)60-39-45-17-7-8-18-46(45)42-68(60)79/h1-44H. The van der Waals surface area contributed by atoms with E-state index in [1.807, 2.05) is 11.3 Å². The Morgan fingerprint density at radius 3 is 1.27 bits per heavy atom. The molecule has 6 nitrogen and oxygen atoms in total. The van der Waals surface area contributed by atoms with Gasteiger partial charge in [-0.3, -0.25) is 0 Å². The number of hydrogen-bond acceptors (Lipinski definition) is 4. The minimum Gasteiger partial charge on any atom is -0.309 e. The molecule has 0 saturated carbocycles. The van der Waals surface area contributed by atoms with Gasteiger partial charge in [-0.25, -0.2) is 15.0 Å². The first-order chi connectivity index (χ1) is 39.6. The highest BCUT2D eigenvalue weighted by molar-refractivity contribution is 7.25. The maximum absolute atomic E-state index is 5.53. The lowest BCUT2D eigenvalue weighted by Crippen LogP contribution is -2.02. The van der Waals surface area contributed by atoms with Gasteiger partial charge in [0.1, 0.15) is 0 Å². The van der Waals surface area contributed by atoms with Crippen LogP contribution in [0.4, 0.5) is 0 Å². The fraction of sp³-hybridized carbons (Fsp3) is 0. The predicted octanol–water partition coefficient (Wildman–Crippen LogP) is 19.4. The highest BCUT2D eigenvalue weighted by Crippen LogP contribution is 2.43. The first-order valence-corrected chi connectivity index (χ1v) is 27.9. The van der Waals surface area contributed by atoms with Crippen LogP contribution in [0.15, 0.2) is 267 Å². The van der Waals surface area contributed by atoms with E-state index in [2.05, 4.69) is 281 Å². The summed E-state index contributed by atoms with van der Waals surface area (Å²) in [5.74, 6) is 1.76. The quantitative estimate of drug-likeness (QED) is 0.160. The van der Waals surface area contributed by atoms with E-state index in [0.29, 0.717) is 17.5 Å². The Labute approximate surface area is 463 Å². The second kappa shape index (κ2) is 17.5. The number of thiophene rings is 1. The summed E-state index contributed by atoms with van der Waals surface area (Å²) in [5, 5.41) is 12.0. The van der Waals surface area contributed by atoms with E-state index < -0.39 is 0 Å². The van der Waals surface area contributed by atoms with E-state index in [0.717, 1.165) is 88.8 Å². The third-order valence-electron chi connectivity index (χ3n) is 16.3. The van der Waals surface area contributed by atoms with Gasteiger partial charge in [0, 0.05) is 86.1 Å². The average Bonchev–Trinajstić information content (AvgIpc) is 4.41. The highest BCUT2D eigenvalue weighted by Gasteiger charge is 2.22. The Balaban J connectivity index is 0.932.